The Labute approximate surface area is 93.4 Å². The van der Waals surface area contributed by atoms with Crippen LogP contribution in [-0.2, 0) is 0 Å². The molecule has 0 radical (unpaired) electrons. The molecule has 1 aliphatic rings. The predicted molar refractivity (Wildman–Crippen MR) is 62.3 cm³/mol. The number of nitrogens with zero attached hydrogens (tertiary/aromatic N) is 1. The van der Waals surface area contributed by atoms with E-state index in [1.165, 1.54) is 12.8 Å². The minimum atomic E-state index is 0.0375. The van der Waals surface area contributed by atoms with Crippen molar-refractivity contribution in [2.45, 2.75) is 35.6 Å². The van der Waals surface area contributed by atoms with Gasteiger partial charge in [-0.1, -0.05) is 29.0 Å². The van der Waals surface area contributed by atoms with Gasteiger partial charge in [0.15, 0.2) is 0 Å². The number of hydrogen-bond acceptors (Lipinski definition) is 1. The van der Waals surface area contributed by atoms with Crippen LogP contribution in [-0.4, -0.2) is 35.0 Å². The van der Waals surface area contributed by atoms with Crippen molar-refractivity contribution in [1.29, 1.82) is 0 Å². The second-order valence-electron chi connectivity index (χ2n) is 3.80. The van der Waals surface area contributed by atoms with Gasteiger partial charge in [-0.15, -0.1) is 0 Å². The van der Waals surface area contributed by atoms with Crippen LogP contribution in [0.4, 0.5) is 4.79 Å². The van der Waals surface area contributed by atoms with Crippen molar-refractivity contribution in [3.8, 4) is 0 Å². The first-order chi connectivity index (χ1) is 6.09. The Morgan fingerprint density at radius 3 is 2.69 bits per heavy atom. The Kier molecular flexibility index (Phi) is 4.28. The van der Waals surface area contributed by atoms with Crippen LogP contribution >= 0.6 is 22.6 Å². The van der Waals surface area contributed by atoms with Crippen molar-refractivity contribution in [2.75, 3.05) is 14.1 Å². The number of hydrogen-bond donors (Lipinski definition) is 1. The monoisotopic (exact) mass is 296 g/mol. The van der Waals surface area contributed by atoms with Crippen molar-refractivity contribution in [1.82, 2.24) is 10.2 Å². The van der Waals surface area contributed by atoms with E-state index in [2.05, 4.69) is 27.9 Å². The molecule has 1 aliphatic carbocycles. The first kappa shape index (κ1) is 11.1. The minimum absolute atomic E-state index is 0.0375. The summed E-state index contributed by atoms with van der Waals surface area (Å²) in [6, 6.07) is 0.432. The quantitative estimate of drug-likeness (QED) is 0.582. The van der Waals surface area contributed by atoms with Crippen LogP contribution in [0.3, 0.4) is 0 Å². The number of carbonyl (C=O) groups is 1. The van der Waals surface area contributed by atoms with Crippen molar-refractivity contribution < 1.29 is 4.79 Å². The molecule has 1 fully saturated rings. The molecule has 1 N–H and O–H groups in total. The third kappa shape index (κ3) is 3.70. The molecule has 2 atom stereocenters. The molecule has 4 heteroatoms. The highest BCUT2D eigenvalue weighted by Gasteiger charge is 2.21. The summed E-state index contributed by atoms with van der Waals surface area (Å²) in [5.74, 6) is 0. The van der Waals surface area contributed by atoms with E-state index in [9.17, 15) is 4.79 Å². The molecule has 0 aliphatic heterocycles. The number of halogens is 1. The van der Waals surface area contributed by atoms with Gasteiger partial charge in [-0.05, 0) is 19.3 Å². The third-order valence-electron chi connectivity index (χ3n) is 2.34. The van der Waals surface area contributed by atoms with Gasteiger partial charge in [-0.25, -0.2) is 4.79 Å². The molecular formula is C9H17IN2O. The van der Waals surface area contributed by atoms with Crippen LogP contribution in [0.15, 0.2) is 0 Å². The van der Waals surface area contributed by atoms with Gasteiger partial charge in [0.05, 0.1) is 0 Å². The maximum Gasteiger partial charge on any atom is 0.317 e. The molecule has 1 saturated carbocycles. The van der Waals surface area contributed by atoms with Crippen LogP contribution in [0.2, 0.25) is 0 Å². The zero-order chi connectivity index (χ0) is 9.84. The number of amides is 2. The molecule has 0 unspecified atom stereocenters. The number of nitrogens with one attached hydrogen (secondary N) is 1. The van der Waals surface area contributed by atoms with Gasteiger partial charge in [-0.3, -0.25) is 0 Å². The third-order valence-corrected chi connectivity index (χ3v) is 3.48. The number of rotatable bonds is 1. The van der Waals surface area contributed by atoms with Gasteiger partial charge < -0.3 is 10.2 Å². The van der Waals surface area contributed by atoms with E-state index in [0.717, 1.165) is 16.8 Å². The van der Waals surface area contributed by atoms with Gasteiger partial charge in [0, 0.05) is 24.1 Å². The van der Waals surface area contributed by atoms with Crippen LogP contribution in [0.1, 0.15) is 25.7 Å². The van der Waals surface area contributed by atoms with Gasteiger partial charge in [0.25, 0.3) is 0 Å². The lowest BCUT2D eigenvalue weighted by atomic mass is 9.95. The second kappa shape index (κ2) is 5.02. The van der Waals surface area contributed by atoms with E-state index >= 15 is 0 Å². The average Bonchev–Trinajstić information content (AvgIpc) is 2.04. The molecule has 0 heterocycles. The normalized spacial score (nSPS) is 28.2. The summed E-state index contributed by atoms with van der Waals surface area (Å²) >= 11 is 2.47. The molecule has 2 amide bonds. The molecule has 0 saturated heterocycles. The molecule has 3 nitrogen and oxygen atoms in total. The fourth-order valence-electron chi connectivity index (χ4n) is 1.56. The van der Waals surface area contributed by atoms with Crippen molar-refractivity contribution in [3.05, 3.63) is 0 Å². The lowest BCUT2D eigenvalue weighted by Gasteiger charge is -2.27. The summed E-state index contributed by atoms with van der Waals surface area (Å²) < 4.78 is 0.735. The van der Waals surface area contributed by atoms with Crippen LogP contribution in [0.25, 0.3) is 0 Å². The summed E-state index contributed by atoms with van der Waals surface area (Å²) in [5.41, 5.74) is 0. The molecule has 0 aromatic rings. The summed E-state index contributed by atoms with van der Waals surface area (Å²) in [6.45, 7) is 0. The molecule has 76 valence electrons. The average molecular weight is 296 g/mol. The van der Waals surface area contributed by atoms with E-state index in [4.69, 9.17) is 0 Å². The fourth-order valence-corrected chi connectivity index (χ4v) is 2.62. The molecule has 0 aromatic heterocycles. The van der Waals surface area contributed by atoms with Crippen LogP contribution in [0.5, 0.6) is 0 Å². The van der Waals surface area contributed by atoms with Crippen LogP contribution < -0.4 is 5.32 Å². The van der Waals surface area contributed by atoms with Crippen molar-refractivity contribution in [3.63, 3.8) is 0 Å². The highest BCUT2D eigenvalue weighted by Crippen LogP contribution is 2.24. The van der Waals surface area contributed by atoms with E-state index < -0.39 is 0 Å². The molecule has 13 heavy (non-hydrogen) atoms. The number of carbonyl (C=O) groups excluding carboxylic acids is 1. The Balaban J connectivity index is 2.31. The molecule has 0 bridgehead atoms. The minimum Gasteiger partial charge on any atom is -0.335 e. The van der Waals surface area contributed by atoms with E-state index in [0.29, 0.717) is 6.04 Å². The lowest BCUT2D eigenvalue weighted by molar-refractivity contribution is 0.209. The lowest BCUT2D eigenvalue weighted by Crippen LogP contribution is -2.43. The largest absolute Gasteiger partial charge is 0.335 e. The SMILES string of the molecule is CN(C)C(=O)N[C@@H]1CCC[C@H](I)C1. The Bertz CT molecular complexity index is 184. The summed E-state index contributed by atoms with van der Waals surface area (Å²) in [6.07, 6.45) is 4.81. The maximum absolute atomic E-state index is 11.3. The van der Waals surface area contributed by atoms with Gasteiger partial charge in [0.1, 0.15) is 0 Å². The smallest absolute Gasteiger partial charge is 0.317 e. The molecule has 1 rings (SSSR count). The summed E-state index contributed by atoms with van der Waals surface area (Å²) in [4.78, 5) is 12.9. The zero-order valence-electron chi connectivity index (χ0n) is 8.22. The number of urea groups is 1. The van der Waals surface area contributed by atoms with Gasteiger partial charge in [0.2, 0.25) is 0 Å². The maximum atomic E-state index is 11.3. The van der Waals surface area contributed by atoms with E-state index in [1.807, 2.05) is 0 Å². The van der Waals surface area contributed by atoms with E-state index in [1.54, 1.807) is 19.0 Å². The fraction of sp³-hybridized carbons (Fsp3) is 0.889. The first-order valence-corrected chi connectivity index (χ1v) is 5.96. The first-order valence-electron chi connectivity index (χ1n) is 4.71. The van der Waals surface area contributed by atoms with Crippen molar-refractivity contribution in [2.24, 2.45) is 0 Å². The Hall–Kier alpha value is 0. The van der Waals surface area contributed by atoms with Gasteiger partial charge >= 0.3 is 6.03 Å². The second-order valence-corrected chi connectivity index (χ2v) is 5.57. The van der Waals surface area contributed by atoms with Crippen molar-refractivity contribution >= 4 is 28.6 Å². The summed E-state index contributed by atoms with van der Waals surface area (Å²) in [5, 5.41) is 3.03. The number of alkyl halides is 1. The Morgan fingerprint density at radius 1 is 1.46 bits per heavy atom. The molecule has 0 aromatic carbocycles. The zero-order valence-corrected chi connectivity index (χ0v) is 10.4. The standard InChI is InChI=1S/C9H17IN2O/c1-12(2)9(13)11-8-5-3-4-7(10)6-8/h7-8H,3-6H2,1-2H3,(H,11,13)/t7-,8+/m0/s1. The van der Waals surface area contributed by atoms with Crippen LogP contribution in [0, 0.1) is 0 Å². The summed E-state index contributed by atoms with van der Waals surface area (Å²) in [7, 11) is 3.55. The van der Waals surface area contributed by atoms with Gasteiger partial charge in [-0.2, -0.15) is 0 Å². The topological polar surface area (TPSA) is 32.3 Å². The molecular weight excluding hydrogens is 279 g/mol. The molecule has 0 spiro atoms. The Morgan fingerprint density at radius 2 is 2.15 bits per heavy atom. The predicted octanol–water partition coefficient (Wildman–Crippen LogP) is 2.00. The highest BCUT2D eigenvalue weighted by molar-refractivity contribution is 14.1. The highest BCUT2D eigenvalue weighted by atomic mass is 127. The van der Waals surface area contributed by atoms with E-state index in [-0.39, 0.29) is 6.03 Å².